The van der Waals surface area contributed by atoms with Crippen molar-refractivity contribution < 1.29 is 4.79 Å². The summed E-state index contributed by atoms with van der Waals surface area (Å²) in [5, 5.41) is 6.46. The van der Waals surface area contributed by atoms with E-state index in [4.69, 9.17) is 0 Å². The van der Waals surface area contributed by atoms with Gasteiger partial charge in [0.2, 0.25) is 5.91 Å². The van der Waals surface area contributed by atoms with E-state index in [-0.39, 0.29) is 11.4 Å². The Morgan fingerprint density at radius 3 is 2.50 bits per heavy atom. The molecule has 3 nitrogen and oxygen atoms in total. The second-order valence-electron chi connectivity index (χ2n) is 5.52. The van der Waals surface area contributed by atoms with Gasteiger partial charge in [0, 0.05) is 18.5 Å². The van der Waals surface area contributed by atoms with E-state index in [1.165, 1.54) is 32.1 Å². The van der Waals surface area contributed by atoms with Gasteiger partial charge in [-0.2, -0.15) is 0 Å². The van der Waals surface area contributed by atoms with Crippen molar-refractivity contribution in [1.29, 1.82) is 0 Å². The van der Waals surface area contributed by atoms with Crippen molar-refractivity contribution in [1.82, 2.24) is 10.6 Å². The number of amides is 1. The first-order valence-electron chi connectivity index (χ1n) is 6.70. The van der Waals surface area contributed by atoms with E-state index in [0.29, 0.717) is 6.42 Å². The highest BCUT2D eigenvalue weighted by Crippen LogP contribution is 2.31. The van der Waals surface area contributed by atoms with E-state index in [1.54, 1.807) is 0 Å². The zero-order chi connectivity index (χ0) is 11.4. The van der Waals surface area contributed by atoms with E-state index in [9.17, 15) is 4.79 Å². The van der Waals surface area contributed by atoms with E-state index in [2.05, 4.69) is 10.6 Å². The van der Waals surface area contributed by atoms with Crippen molar-refractivity contribution in [2.45, 2.75) is 56.9 Å². The number of carbonyl (C=O) groups excluding carboxylic acids is 1. The third kappa shape index (κ3) is 3.21. The maximum atomic E-state index is 11.9. The number of nitrogens with one attached hydrogen (secondary N) is 2. The molecule has 0 aliphatic heterocycles. The highest BCUT2D eigenvalue weighted by molar-refractivity contribution is 5.77. The molecule has 0 unspecified atom stereocenters. The fourth-order valence-electron chi connectivity index (χ4n) is 2.69. The summed E-state index contributed by atoms with van der Waals surface area (Å²) in [4.78, 5) is 11.9. The average Bonchev–Trinajstić information content (AvgIpc) is 3.11. The predicted octanol–water partition coefficient (Wildman–Crippen LogP) is 1.82. The van der Waals surface area contributed by atoms with E-state index in [0.717, 1.165) is 25.3 Å². The molecule has 0 heterocycles. The molecule has 0 aromatic rings. The van der Waals surface area contributed by atoms with Crippen molar-refractivity contribution in [2.24, 2.45) is 5.92 Å². The van der Waals surface area contributed by atoms with Gasteiger partial charge < -0.3 is 10.6 Å². The minimum Gasteiger partial charge on any atom is -0.356 e. The maximum Gasteiger partial charge on any atom is 0.221 e. The van der Waals surface area contributed by atoms with Crippen LogP contribution >= 0.6 is 0 Å². The Hall–Kier alpha value is -0.570. The molecule has 3 heteroatoms. The summed E-state index contributed by atoms with van der Waals surface area (Å²) in [5.41, 5.74) is 0.0892. The van der Waals surface area contributed by atoms with Gasteiger partial charge >= 0.3 is 0 Å². The quantitative estimate of drug-likeness (QED) is 0.748. The molecule has 0 saturated heterocycles. The summed E-state index contributed by atoms with van der Waals surface area (Å²) in [5.74, 6) is 1.02. The van der Waals surface area contributed by atoms with Crippen LogP contribution in [0.25, 0.3) is 0 Å². The molecule has 16 heavy (non-hydrogen) atoms. The molecule has 2 fully saturated rings. The molecule has 2 aliphatic carbocycles. The molecule has 0 spiro atoms. The maximum absolute atomic E-state index is 11.9. The van der Waals surface area contributed by atoms with Gasteiger partial charge in [-0.3, -0.25) is 4.79 Å². The van der Waals surface area contributed by atoms with E-state index in [1.807, 2.05) is 7.05 Å². The highest BCUT2D eigenvalue weighted by atomic mass is 16.1. The van der Waals surface area contributed by atoms with Gasteiger partial charge in [-0.25, -0.2) is 0 Å². The number of hydrogen-bond acceptors (Lipinski definition) is 2. The molecular weight excluding hydrogens is 200 g/mol. The molecular formula is C13H24N2O. The van der Waals surface area contributed by atoms with E-state index >= 15 is 0 Å². The molecule has 2 rings (SSSR count). The third-order valence-corrected chi connectivity index (χ3v) is 4.12. The Labute approximate surface area is 98.4 Å². The van der Waals surface area contributed by atoms with Crippen LogP contribution in [0, 0.1) is 5.92 Å². The molecule has 0 bridgehead atoms. The summed E-state index contributed by atoms with van der Waals surface area (Å²) in [6, 6.07) is 0. The fraction of sp³-hybridized carbons (Fsp3) is 0.923. The molecule has 0 aromatic heterocycles. The van der Waals surface area contributed by atoms with Gasteiger partial charge in [0.05, 0.1) is 0 Å². The standard InChI is InChI=1S/C13H24N2O/c1-14-13(7-3-2-4-8-13)9-12(16)15-10-11-5-6-11/h11,14H,2-10H2,1H3,(H,15,16). The van der Waals surface area contributed by atoms with Gasteiger partial charge in [-0.15, -0.1) is 0 Å². The second kappa shape index (κ2) is 5.17. The van der Waals surface area contributed by atoms with Crippen LogP contribution in [0.2, 0.25) is 0 Å². The first-order valence-corrected chi connectivity index (χ1v) is 6.70. The Morgan fingerprint density at radius 2 is 1.94 bits per heavy atom. The Bertz CT molecular complexity index is 242. The van der Waals surface area contributed by atoms with Gasteiger partial charge in [-0.05, 0) is 38.6 Å². The smallest absolute Gasteiger partial charge is 0.221 e. The molecule has 1 amide bonds. The molecule has 92 valence electrons. The lowest BCUT2D eigenvalue weighted by molar-refractivity contribution is -0.122. The van der Waals surface area contributed by atoms with Gasteiger partial charge in [-0.1, -0.05) is 19.3 Å². The number of carbonyl (C=O) groups is 1. The molecule has 2 aliphatic rings. The lowest BCUT2D eigenvalue weighted by atomic mass is 9.79. The summed E-state index contributed by atoms with van der Waals surface area (Å²) in [7, 11) is 2.00. The van der Waals surface area contributed by atoms with Gasteiger partial charge in [0.15, 0.2) is 0 Å². The highest BCUT2D eigenvalue weighted by Gasteiger charge is 2.32. The third-order valence-electron chi connectivity index (χ3n) is 4.12. The van der Waals surface area contributed by atoms with Crippen LogP contribution < -0.4 is 10.6 Å². The summed E-state index contributed by atoms with van der Waals surface area (Å²) >= 11 is 0. The average molecular weight is 224 g/mol. The first kappa shape index (κ1) is 11.9. The molecule has 0 atom stereocenters. The Kier molecular flexibility index (Phi) is 3.85. The van der Waals surface area contributed by atoms with Crippen LogP contribution in [0.15, 0.2) is 0 Å². The zero-order valence-corrected chi connectivity index (χ0v) is 10.3. The topological polar surface area (TPSA) is 41.1 Å². The molecule has 0 aromatic carbocycles. The van der Waals surface area contributed by atoms with Crippen LogP contribution in [0.1, 0.15) is 51.4 Å². The fourth-order valence-corrected chi connectivity index (χ4v) is 2.69. The van der Waals surface area contributed by atoms with Crippen LogP contribution in [0.4, 0.5) is 0 Å². The Balaban J connectivity index is 1.77. The van der Waals surface area contributed by atoms with E-state index < -0.39 is 0 Å². The largest absolute Gasteiger partial charge is 0.356 e. The minimum atomic E-state index is 0.0892. The Morgan fingerprint density at radius 1 is 1.25 bits per heavy atom. The van der Waals surface area contributed by atoms with Crippen molar-refractivity contribution in [3.8, 4) is 0 Å². The van der Waals surface area contributed by atoms with Crippen molar-refractivity contribution in [3.05, 3.63) is 0 Å². The monoisotopic (exact) mass is 224 g/mol. The normalized spacial score (nSPS) is 24.1. The van der Waals surface area contributed by atoms with Crippen molar-refractivity contribution in [2.75, 3.05) is 13.6 Å². The molecule has 2 N–H and O–H groups in total. The van der Waals surface area contributed by atoms with Crippen molar-refractivity contribution in [3.63, 3.8) is 0 Å². The second-order valence-corrected chi connectivity index (χ2v) is 5.52. The summed E-state index contributed by atoms with van der Waals surface area (Å²) < 4.78 is 0. The lowest BCUT2D eigenvalue weighted by Gasteiger charge is -2.36. The van der Waals surface area contributed by atoms with Crippen LogP contribution in [-0.4, -0.2) is 25.0 Å². The van der Waals surface area contributed by atoms with Crippen molar-refractivity contribution >= 4 is 5.91 Å². The number of rotatable bonds is 5. The number of hydrogen-bond donors (Lipinski definition) is 2. The minimum absolute atomic E-state index is 0.0892. The van der Waals surface area contributed by atoms with Gasteiger partial charge in [0.25, 0.3) is 0 Å². The summed E-state index contributed by atoms with van der Waals surface area (Å²) in [6.45, 7) is 0.901. The van der Waals surface area contributed by atoms with Crippen LogP contribution in [-0.2, 0) is 4.79 Å². The molecule has 0 radical (unpaired) electrons. The summed E-state index contributed by atoms with van der Waals surface area (Å²) in [6.07, 6.45) is 9.42. The van der Waals surface area contributed by atoms with Gasteiger partial charge in [0.1, 0.15) is 0 Å². The predicted molar refractivity (Wildman–Crippen MR) is 65.2 cm³/mol. The first-order chi connectivity index (χ1) is 7.74. The van der Waals surface area contributed by atoms with Crippen LogP contribution in [0.3, 0.4) is 0 Å². The zero-order valence-electron chi connectivity index (χ0n) is 10.3. The SMILES string of the molecule is CNC1(CC(=O)NCC2CC2)CCCCC1. The molecule has 2 saturated carbocycles. The lowest BCUT2D eigenvalue weighted by Crippen LogP contribution is -2.48. The van der Waals surface area contributed by atoms with Crippen LogP contribution in [0.5, 0.6) is 0 Å².